The SMILES string of the molecule is CC#CCNCC(=O)O.Cl. The lowest BCUT2D eigenvalue weighted by molar-refractivity contribution is -0.135. The number of aliphatic carboxylic acids is 1. The van der Waals surface area contributed by atoms with E-state index in [0.717, 1.165) is 0 Å². The molecule has 0 aliphatic heterocycles. The molecule has 58 valence electrons. The second-order valence-corrected chi connectivity index (χ2v) is 1.42. The minimum Gasteiger partial charge on any atom is -0.480 e. The number of nitrogens with one attached hydrogen (secondary N) is 1. The number of hydrogen-bond acceptors (Lipinski definition) is 2. The molecule has 0 aromatic rings. The summed E-state index contributed by atoms with van der Waals surface area (Å²) < 4.78 is 0. The van der Waals surface area contributed by atoms with E-state index in [9.17, 15) is 4.79 Å². The predicted molar refractivity (Wildman–Crippen MR) is 41.2 cm³/mol. The Morgan fingerprint density at radius 2 is 2.30 bits per heavy atom. The van der Waals surface area contributed by atoms with Crippen molar-refractivity contribution >= 4 is 18.4 Å². The van der Waals surface area contributed by atoms with Crippen molar-refractivity contribution in [1.29, 1.82) is 0 Å². The van der Waals surface area contributed by atoms with Crippen LogP contribution in [0, 0.1) is 11.8 Å². The van der Waals surface area contributed by atoms with Crippen molar-refractivity contribution in [2.75, 3.05) is 13.1 Å². The zero-order valence-electron chi connectivity index (χ0n) is 5.68. The van der Waals surface area contributed by atoms with Crippen molar-refractivity contribution in [3.8, 4) is 11.8 Å². The second-order valence-electron chi connectivity index (χ2n) is 1.42. The van der Waals surface area contributed by atoms with Crippen LogP contribution >= 0.6 is 12.4 Å². The fourth-order valence-electron chi connectivity index (χ4n) is 0.320. The quantitative estimate of drug-likeness (QED) is 0.459. The molecule has 3 nitrogen and oxygen atoms in total. The molecule has 0 amide bonds. The summed E-state index contributed by atoms with van der Waals surface area (Å²) in [7, 11) is 0. The predicted octanol–water partition coefficient (Wildman–Crippen LogP) is 0.106. The van der Waals surface area contributed by atoms with Crippen LogP contribution in [0.25, 0.3) is 0 Å². The maximum atomic E-state index is 9.85. The molecule has 0 spiro atoms. The van der Waals surface area contributed by atoms with Gasteiger partial charge in [-0.05, 0) is 6.92 Å². The van der Waals surface area contributed by atoms with Gasteiger partial charge in [0.05, 0.1) is 13.1 Å². The smallest absolute Gasteiger partial charge is 0.317 e. The van der Waals surface area contributed by atoms with Crippen LogP contribution in [0.2, 0.25) is 0 Å². The largest absolute Gasteiger partial charge is 0.480 e. The highest BCUT2D eigenvalue weighted by molar-refractivity contribution is 5.85. The fourth-order valence-corrected chi connectivity index (χ4v) is 0.320. The van der Waals surface area contributed by atoms with E-state index in [0.29, 0.717) is 6.54 Å². The molecule has 0 aromatic carbocycles. The van der Waals surface area contributed by atoms with Gasteiger partial charge < -0.3 is 5.11 Å². The van der Waals surface area contributed by atoms with E-state index in [4.69, 9.17) is 5.11 Å². The van der Waals surface area contributed by atoms with E-state index in [2.05, 4.69) is 17.2 Å². The van der Waals surface area contributed by atoms with Crippen LogP contribution in [0.5, 0.6) is 0 Å². The Morgan fingerprint density at radius 3 is 2.70 bits per heavy atom. The zero-order valence-corrected chi connectivity index (χ0v) is 6.49. The van der Waals surface area contributed by atoms with E-state index in [1.807, 2.05) is 0 Å². The molecular weight excluding hydrogens is 154 g/mol. The van der Waals surface area contributed by atoms with Crippen LogP contribution in [0.1, 0.15) is 6.92 Å². The summed E-state index contributed by atoms with van der Waals surface area (Å²) in [4.78, 5) is 9.85. The first-order chi connectivity index (χ1) is 4.27. The average Bonchev–Trinajstić information content (AvgIpc) is 1.80. The Balaban J connectivity index is 0. The summed E-state index contributed by atoms with van der Waals surface area (Å²) in [6.45, 7) is 2.14. The molecule has 0 bridgehead atoms. The van der Waals surface area contributed by atoms with Crippen molar-refractivity contribution in [2.45, 2.75) is 6.92 Å². The van der Waals surface area contributed by atoms with E-state index in [-0.39, 0.29) is 19.0 Å². The van der Waals surface area contributed by atoms with Gasteiger partial charge in [0, 0.05) is 0 Å². The molecule has 0 rings (SSSR count). The normalized spacial score (nSPS) is 6.90. The summed E-state index contributed by atoms with van der Waals surface area (Å²) in [5.41, 5.74) is 0. The molecule has 0 atom stereocenters. The topological polar surface area (TPSA) is 49.3 Å². The minimum atomic E-state index is -0.854. The zero-order chi connectivity index (χ0) is 7.11. The first-order valence-corrected chi connectivity index (χ1v) is 2.59. The second kappa shape index (κ2) is 8.28. The Kier molecular flexibility index (Phi) is 9.94. The van der Waals surface area contributed by atoms with Gasteiger partial charge in [-0.25, -0.2) is 0 Å². The average molecular weight is 164 g/mol. The molecule has 10 heavy (non-hydrogen) atoms. The van der Waals surface area contributed by atoms with E-state index in [1.54, 1.807) is 6.92 Å². The molecule has 0 saturated carbocycles. The monoisotopic (exact) mass is 163 g/mol. The van der Waals surface area contributed by atoms with Crippen LogP contribution in [0.3, 0.4) is 0 Å². The maximum Gasteiger partial charge on any atom is 0.317 e. The number of carbonyl (C=O) groups is 1. The van der Waals surface area contributed by atoms with Crippen molar-refractivity contribution < 1.29 is 9.90 Å². The van der Waals surface area contributed by atoms with Gasteiger partial charge in [-0.1, -0.05) is 5.92 Å². The maximum absolute atomic E-state index is 9.85. The summed E-state index contributed by atoms with van der Waals surface area (Å²) in [5, 5.41) is 10.7. The van der Waals surface area contributed by atoms with Gasteiger partial charge in [0.25, 0.3) is 0 Å². The number of hydrogen-bond donors (Lipinski definition) is 2. The van der Waals surface area contributed by atoms with E-state index >= 15 is 0 Å². The minimum absolute atomic E-state index is 0. The van der Waals surface area contributed by atoms with Gasteiger partial charge in [0.15, 0.2) is 0 Å². The van der Waals surface area contributed by atoms with E-state index < -0.39 is 5.97 Å². The van der Waals surface area contributed by atoms with E-state index in [1.165, 1.54) is 0 Å². The molecule has 0 saturated heterocycles. The van der Waals surface area contributed by atoms with Crippen LogP contribution in [-0.2, 0) is 4.79 Å². The summed E-state index contributed by atoms with van der Waals surface area (Å²) >= 11 is 0. The highest BCUT2D eigenvalue weighted by atomic mass is 35.5. The standard InChI is InChI=1S/C6H9NO2.ClH/c1-2-3-4-7-5-6(8)9;/h7H,4-5H2,1H3,(H,8,9);1H. The van der Waals surface area contributed by atoms with Gasteiger partial charge in [-0.2, -0.15) is 0 Å². The van der Waals surface area contributed by atoms with Crippen LogP contribution < -0.4 is 5.32 Å². The summed E-state index contributed by atoms with van der Waals surface area (Å²) in [6, 6.07) is 0. The number of carboxylic acid groups (broad SMARTS) is 1. The van der Waals surface area contributed by atoms with Crippen LogP contribution in [0.15, 0.2) is 0 Å². The third kappa shape index (κ3) is 10.3. The first kappa shape index (κ1) is 12.0. The lowest BCUT2D eigenvalue weighted by Crippen LogP contribution is -2.22. The van der Waals surface area contributed by atoms with Crippen LogP contribution in [-0.4, -0.2) is 24.2 Å². The number of carboxylic acids is 1. The molecule has 0 aliphatic rings. The fraction of sp³-hybridized carbons (Fsp3) is 0.500. The molecule has 0 aromatic heterocycles. The summed E-state index contributed by atoms with van der Waals surface area (Å²) in [5.74, 6) is 4.46. The highest BCUT2D eigenvalue weighted by Gasteiger charge is 1.90. The van der Waals surface area contributed by atoms with Crippen molar-refractivity contribution in [1.82, 2.24) is 5.32 Å². The van der Waals surface area contributed by atoms with Gasteiger partial charge in [-0.3, -0.25) is 10.1 Å². The molecule has 0 heterocycles. The number of rotatable bonds is 3. The third-order valence-electron chi connectivity index (χ3n) is 0.666. The van der Waals surface area contributed by atoms with Crippen molar-refractivity contribution in [2.24, 2.45) is 0 Å². The highest BCUT2D eigenvalue weighted by Crippen LogP contribution is 1.58. The molecule has 0 aliphatic carbocycles. The van der Waals surface area contributed by atoms with Crippen molar-refractivity contribution in [3.05, 3.63) is 0 Å². The van der Waals surface area contributed by atoms with Gasteiger partial charge in [0.2, 0.25) is 0 Å². The molecule has 0 radical (unpaired) electrons. The lowest BCUT2D eigenvalue weighted by atomic mass is 10.5. The molecule has 2 N–H and O–H groups in total. The Bertz CT molecular complexity index is 148. The van der Waals surface area contributed by atoms with Crippen LogP contribution in [0.4, 0.5) is 0 Å². The third-order valence-corrected chi connectivity index (χ3v) is 0.666. The van der Waals surface area contributed by atoms with Gasteiger partial charge >= 0.3 is 5.97 Å². The lowest BCUT2D eigenvalue weighted by Gasteiger charge is -1.90. The molecule has 4 heteroatoms. The Labute approximate surface area is 66.2 Å². The molecule has 0 unspecified atom stereocenters. The van der Waals surface area contributed by atoms with Gasteiger partial charge in [0.1, 0.15) is 0 Å². The number of halogens is 1. The summed E-state index contributed by atoms with van der Waals surface area (Å²) in [6.07, 6.45) is 0. The molecule has 0 fully saturated rings. The van der Waals surface area contributed by atoms with Gasteiger partial charge in [-0.15, -0.1) is 18.3 Å². The Hall–Kier alpha value is -0.720. The first-order valence-electron chi connectivity index (χ1n) is 2.59. The van der Waals surface area contributed by atoms with Crippen molar-refractivity contribution in [3.63, 3.8) is 0 Å². The molecular formula is C6H10ClNO2. The Morgan fingerprint density at radius 1 is 1.70 bits per heavy atom.